The number of nitrogens with zero attached hydrogens (tertiary/aromatic N) is 1. The first kappa shape index (κ1) is 13.0. The second kappa shape index (κ2) is 5.48. The van der Waals surface area contributed by atoms with Gasteiger partial charge in [-0.1, -0.05) is 18.2 Å². The summed E-state index contributed by atoms with van der Waals surface area (Å²) >= 11 is 0. The van der Waals surface area contributed by atoms with Crippen LogP contribution in [0.1, 0.15) is 11.1 Å². The van der Waals surface area contributed by atoms with Gasteiger partial charge in [-0.2, -0.15) is 0 Å². The molecular weight excluding hydrogens is 249 g/mol. The molecule has 0 aromatic heterocycles. The van der Waals surface area contributed by atoms with Crippen LogP contribution in [0, 0.1) is 22.9 Å². The van der Waals surface area contributed by atoms with Gasteiger partial charge in [-0.15, -0.1) is 0 Å². The van der Waals surface area contributed by atoms with Crippen LogP contribution in [0.3, 0.4) is 0 Å². The van der Waals surface area contributed by atoms with Crippen LogP contribution in [0.5, 0.6) is 5.75 Å². The molecule has 98 valence electrons. The summed E-state index contributed by atoms with van der Waals surface area (Å²) in [7, 11) is 0. The molecule has 0 heterocycles. The highest BCUT2D eigenvalue weighted by molar-refractivity contribution is 5.44. The van der Waals surface area contributed by atoms with E-state index in [1.54, 1.807) is 31.2 Å². The van der Waals surface area contributed by atoms with Crippen molar-refractivity contribution in [2.24, 2.45) is 0 Å². The lowest BCUT2D eigenvalue weighted by Crippen LogP contribution is -1.99. The number of nitro groups is 1. The standard InChI is InChI=1S/C14H12FNO3/c1-10-8-12(6-7-14(10)16(17)18)19-9-11-4-2-3-5-13(11)15/h2-8H,9H2,1H3. The molecule has 0 spiro atoms. The van der Waals surface area contributed by atoms with Crippen LogP contribution in [0.4, 0.5) is 10.1 Å². The van der Waals surface area contributed by atoms with Crippen molar-refractivity contribution in [3.05, 3.63) is 69.5 Å². The molecule has 0 bridgehead atoms. The normalized spacial score (nSPS) is 10.2. The molecule has 0 fully saturated rings. The maximum absolute atomic E-state index is 13.4. The monoisotopic (exact) mass is 261 g/mol. The van der Waals surface area contributed by atoms with Crippen LogP contribution in [0.15, 0.2) is 42.5 Å². The van der Waals surface area contributed by atoms with Gasteiger partial charge < -0.3 is 4.74 Å². The topological polar surface area (TPSA) is 52.4 Å². The molecule has 4 nitrogen and oxygen atoms in total. The zero-order chi connectivity index (χ0) is 13.8. The predicted molar refractivity (Wildman–Crippen MR) is 68.6 cm³/mol. The van der Waals surface area contributed by atoms with Crippen LogP contribution >= 0.6 is 0 Å². The Morgan fingerprint density at radius 2 is 2.00 bits per heavy atom. The largest absolute Gasteiger partial charge is 0.489 e. The SMILES string of the molecule is Cc1cc(OCc2ccccc2F)ccc1[N+](=O)[O-]. The minimum absolute atomic E-state index is 0.0400. The van der Waals surface area contributed by atoms with Crippen molar-refractivity contribution in [2.45, 2.75) is 13.5 Å². The number of hydrogen-bond acceptors (Lipinski definition) is 3. The highest BCUT2D eigenvalue weighted by Crippen LogP contribution is 2.23. The van der Waals surface area contributed by atoms with Gasteiger partial charge in [0.05, 0.1) is 4.92 Å². The number of hydrogen-bond donors (Lipinski definition) is 0. The van der Waals surface area contributed by atoms with Gasteiger partial charge in [0.15, 0.2) is 0 Å². The van der Waals surface area contributed by atoms with Crippen molar-refractivity contribution in [3.63, 3.8) is 0 Å². The van der Waals surface area contributed by atoms with Crippen molar-refractivity contribution >= 4 is 5.69 Å². The van der Waals surface area contributed by atoms with Gasteiger partial charge in [0.2, 0.25) is 0 Å². The maximum Gasteiger partial charge on any atom is 0.272 e. The molecule has 0 aliphatic rings. The second-order valence-corrected chi connectivity index (χ2v) is 4.09. The Morgan fingerprint density at radius 1 is 1.26 bits per heavy atom. The van der Waals surface area contributed by atoms with Gasteiger partial charge in [-0.25, -0.2) is 4.39 Å². The molecule has 0 radical (unpaired) electrons. The molecule has 2 rings (SSSR count). The van der Waals surface area contributed by atoms with E-state index >= 15 is 0 Å². The second-order valence-electron chi connectivity index (χ2n) is 4.09. The fraction of sp³-hybridized carbons (Fsp3) is 0.143. The number of ether oxygens (including phenoxy) is 1. The minimum Gasteiger partial charge on any atom is -0.489 e. The lowest BCUT2D eigenvalue weighted by atomic mass is 10.2. The fourth-order valence-corrected chi connectivity index (χ4v) is 1.70. The highest BCUT2D eigenvalue weighted by atomic mass is 19.1. The summed E-state index contributed by atoms with van der Waals surface area (Å²) < 4.78 is 18.8. The molecular formula is C14H12FNO3. The van der Waals surface area contributed by atoms with Crippen molar-refractivity contribution in [1.29, 1.82) is 0 Å². The molecule has 2 aromatic rings. The Balaban J connectivity index is 2.11. The first-order valence-corrected chi connectivity index (χ1v) is 5.69. The Kier molecular flexibility index (Phi) is 3.75. The smallest absolute Gasteiger partial charge is 0.272 e. The van der Waals surface area contributed by atoms with Crippen LogP contribution in [-0.2, 0) is 6.61 Å². The van der Waals surface area contributed by atoms with Crippen molar-refractivity contribution in [2.75, 3.05) is 0 Å². The summed E-state index contributed by atoms with van der Waals surface area (Å²) in [6.07, 6.45) is 0. The van der Waals surface area contributed by atoms with Crippen LogP contribution in [0.2, 0.25) is 0 Å². The fourth-order valence-electron chi connectivity index (χ4n) is 1.70. The van der Waals surface area contributed by atoms with E-state index in [2.05, 4.69) is 0 Å². The third-order valence-corrected chi connectivity index (χ3v) is 2.72. The molecule has 5 heteroatoms. The minimum atomic E-state index is -0.448. The molecule has 0 aliphatic carbocycles. The summed E-state index contributed by atoms with van der Waals surface area (Å²) in [5.74, 6) is 0.146. The average molecular weight is 261 g/mol. The molecule has 0 unspecified atom stereocenters. The van der Waals surface area contributed by atoms with E-state index < -0.39 is 4.92 Å². The molecule has 0 aliphatic heterocycles. The zero-order valence-corrected chi connectivity index (χ0v) is 10.3. The summed E-state index contributed by atoms with van der Waals surface area (Å²) in [6.45, 7) is 1.72. The Labute approximate surface area is 109 Å². The first-order valence-electron chi connectivity index (χ1n) is 5.69. The zero-order valence-electron chi connectivity index (χ0n) is 10.3. The summed E-state index contributed by atoms with van der Waals surface area (Å²) in [5, 5.41) is 10.7. The predicted octanol–water partition coefficient (Wildman–Crippen LogP) is 3.62. The molecule has 19 heavy (non-hydrogen) atoms. The van der Waals surface area contributed by atoms with Gasteiger partial charge in [0.1, 0.15) is 18.2 Å². The molecule has 0 saturated heterocycles. The number of benzene rings is 2. The molecule has 0 amide bonds. The third-order valence-electron chi connectivity index (χ3n) is 2.72. The first-order chi connectivity index (χ1) is 9.08. The van der Waals surface area contributed by atoms with E-state index in [1.807, 2.05) is 0 Å². The lowest BCUT2D eigenvalue weighted by Gasteiger charge is -2.07. The van der Waals surface area contributed by atoms with E-state index in [4.69, 9.17) is 4.74 Å². The van der Waals surface area contributed by atoms with Gasteiger partial charge in [0, 0.05) is 17.2 Å². The maximum atomic E-state index is 13.4. The van der Waals surface area contributed by atoms with E-state index in [9.17, 15) is 14.5 Å². The number of rotatable bonds is 4. The molecule has 2 aromatic carbocycles. The third kappa shape index (κ3) is 3.07. The lowest BCUT2D eigenvalue weighted by molar-refractivity contribution is -0.385. The van der Waals surface area contributed by atoms with Crippen LogP contribution in [-0.4, -0.2) is 4.92 Å². The van der Waals surface area contributed by atoms with Crippen molar-refractivity contribution < 1.29 is 14.1 Å². The van der Waals surface area contributed by atoms with Gasteiger partial charge in [-0.3, -0.25) is 10.1 Å². The average Bonchev–Trinajstić information content (AvgIpc) is 2.37. The van der Waals surface area contributed by atoms with Crippen molar-refractivity contribution in [1.82, 2.24) is 0 Å². The quantitative estimate of drug-likeness (QED) is 0.624. The summed E-state index contributed by atoms with van der Waals surface area (Å²) in [6, 6.07) is 10.8. The van der Waals surface area contributed by atoms with E-state index in [1.165, 1.54) is 18.2 Å². The van der Waals surface area contributed by atoms with E-state index in [-0.39, 0.29) is 18.1 Å². The van der Waals surface area contributed by atoms with Crippen molar-refractivity contribution in [3.8, 4) is 5.75 Å². The molecule has 0 saturated carbocycles. The Morgan fingerprint density at radius 3 is 2.63 bits per heavy atom. The van der Waals surface area contributed by atoms with Gasteiger partial charge in [-0.05, 0) is 25.1 Å². The Bertz CT molecular complexity index is 613. The number of halogens is 1. The van der Waals surface area contributed by atoms with Gasteiger partial charge >= 0.3 is 0 Å². The highest BCUT2D eigenvalue weighted by Gasteiger charge is 2.11. The molecule has 0 atom stereocenters. The van der Waals surface area contributed by atoms with E-state index in [0.29, 0.717) is 16.9 Å². The van der Waals surface area contributed by atoms with Gasteiger partial charge in [0.25, 0.3) is 5.69 Å². The summed E-state index contributed by atoms with van der Waals surface area (Å²) in [4.78, 5) is 10.2. The van der Waals surface area contributed by atoms with Crippen LogP contribution < -0.4 is 4.74 Å². The molecule has 0 N–H and O–H groups in total. The Hall–Kier alpha value is -2.43. The van der Waals surface area contributed by atoms with E-state index in [0.717, 1.165) is 0 Å². The van der Waals surface area contributed by atoms with Crippen LogP contribution in [0.25, 0.3) is 0 Å². The number of nitro benzene ring substituents is 1. The summed E-state index contributed by atoms with van der Waals surface area (Å²) in [5.41, 5.74) is 0.993. The number of aryl methyl sites for hydroxylation is 1.